The van der Waals surface area contributed by atoms with Gasteiger partial charge in [-0.1, -0.05) is 0 Å². The molecule has 10 heteroatoms. The molecule has 4 rings (SSSR count). The molecule has 0 aliphatic heterocycles. The second-order valence-corrected chi connectivity index (χ2v) is 6.70. The van der Waals surface area contributed by atoms with E-state index >= 15 is 0 Å². The number of nitrogens with zero attached hydrogens (tertiary/aromatic N) is 7. The van der Waals surface area contributed by atoms with Crippen molar-refractivity contribution >= 4 is 5.91 Å². The van der Waals surface area contributed by atoms with Gasteiger partial charge >= 0.3 is 0 Å². The molecule has 4 aromatic rings. The summed E-state index contributed by atoms with van der Waals surface area (Å²) in [6.07, 6.45) is 6.29. The van der Waals surface area contributed by atoms with Crippen molar-refractivity contribution in [2.75, 3.05) is 13.1 Å². The van der Waals surface area contributed by atoms with Gasteiger partial charge in [0.15, 0.2) is 5.82 Å². The van der Waals surface area contributed by atoms with Crippen molar-refractivity contribution in [1.82, 2.24) is 34.7 Å². The van der Waals surface area contributed by atoms with E-state index in [0.29, 0.717) is 30.9 Å². The van der Waals surface area contributed by atoms with E-state index in [1.807, 2.05) is 13.0 Å². The van der Waals surface area contributed by atoms with E-state index in [1.165, 1.54) is 47.5 Å². The van der Waals surface area contributed by atoms with Crippen molar-refractivity contribution < 1.29 is 13.6 Å². The predicted octanol–water partition coefficient (Wildman–Crippen LogP) is 2.83. The Bertz CT molecular complexity index is 1170. The number of carbonyl (C=O) groups is 1. The average Bonchev–Trinajstić information content (AvgIpc) is 3.47. The number of benzene rings is 1. The molecule has 0 saturated carbocycles. The standard InChI is InChI=1S/C21H19F2N7O/c1-2-28(11-7-17-8-12-29(27-17)20-6-4-16(23)14-24-20)21(31)18-5-3-15(22)13-19(18)30-25-9-10-26-30/h3-6,8-10,12-14H,2,7,11H2,1H3. The Hall–Kier alpha value is -3.95. The molecule has 0 spiro atoms. The molecule has 0 fully saturated rings. The van der Waals surface area contributed by atoms with E-state index in [2.05, 4.69) is 20.3 Å². The third kappa shape index (κ3) is 4.47. The van der Waals surface area contributed by atoms with Crippen LogP contribution >= 0.6 is 0 Å². The molecule has 1 aromatic carbocycles. The maximum absolute atomic E-state index is 13.8. The minimum Gasteiger partial charge on any atom is -0.338 e. The molecule has 0 atom stereocenters. The lowest BCUT2D eigenvalue weighted by molar-refractivity contribution is 0.0765. The number of rotatable bonds is 7. The van der Waals surface area contributed by atoms with Crippen molar-refractivity contribution in [3.63, 3.8) is 0 Å². The lowest BCUT2D eigenvalue weighted by Crippen LogP contribution is -2.33. The van der Waals surface area contributed by atoms with Crippen LogP contribution in [0.3, 0.4) is 0 Å². The summed E-state index contributed by atoms with van der Waals surface area (Å²) in [4.78, 5) is 20.0. The molecule has 0 saturated heterocycles. The molecule has 0 unspecified atom stereocenters. The molecule has 0 radical (unpaired) electrons. The highest BCUT2D eigenvalue weighted by atomic mass is 19.1. The average molecular weight is 423 g/mol. The van der Waals surface area contributed by atoms with E-state index in [9.17, 15) is 13.6 Å². The Kier molecular flexibility index (Phi) is 5.78. The number of aromatic nitrogens is 6. The summed E-state index contributed by atoms with van der Waals surface area (Å²) in [6.45, 7) is 2.74. The van der Waals surface area contributed by atoms with Crippen LogP contribution in [0.15, 0.2) is 61.2 Å². The Balaban J connectivity index is 1.49. The van der Waals surface area contributed by atoms with Crippen molar-refractivity contribution in [2.45, 2.75) is 13.3 Å². The number of pyridine rings is 1. The summed E-state index contributed by atoms with van der Waals surface area (Å²) in [5.74, 6) is -0.654. The fourth-order valence-corrected chi connectivity index (χ4v) is 3.14. The highest BCUT2D eigenvalue weighted by Gasteiger charge is 2.20. The fourth-order valence-electron chi connectivity index (χ4n) is 3.14. The summed E-state index contributed by atoms with van der Waals surface area (Å²) < 4.78 is 28.4. The molecule has 0 bridgehead atoms. The molecule has 3 aromatic heterocycles. The van der Waals surface area contributed by atoms with Gasteiger partial charge < -0.3 is 4.90 Å². The zero-order valence-electron chi connectivity index (χ0n) is 16.7. The molecule has 0 aliphatic rings. The van der Waals surface area contributed by atoms with E-state index in [-0.39, 0.29) is 11.6 Å². The zero-order valence-corrected chi connectivity index (χ0v) is 16.7. The van der Waals surface area contributed by atoms with Crippen LogP contribution in [0.25, 0.3) is 11.5 Å². The van der Waals surface area contributed by atoms with Crippen LogP contribution in [-0.4, -0.2) is 53.7 Å². The highest BCUT2D eigenvalue weighted by Crippen LogP contribution is 2.17. The van der Waals surface area contributed by atoms with Gasteiger partial charge in [-0.25, -0.2) is 18.4 Å². The number of likely N-dealkylation sites (N-methyl/N-ethyl adjacent to an activating group) is 1. The van der Waals surface area contributed by atoms with Gasteiger partial charge in [0.05, 0.1) is 29.8 Å². The first kappa shape index (κ1) is 20.3. The van der Waals surface area contributed by atoms with Gasteiger partial charge in [-0.2, -0.15) is 20.1 Å². The van der Waals surface area contributed by atoms with Crippen molar-refractivity contribution in [3.8, 4) is 11.5 Å². The summed E-state index contributed by atoms with van der Waals surface area (Å²) in [7, 11) is 0. The molecular formula is C21H19F2N7O. The number of carbonyl (C=O) groups excluding carboxylic acids is 1. The lowest BCUT2D eigenvalue weighted by Gasteiger charge is -2.21. The lowest BCUT2D eigenvalue weighted by atomic mass is 10.1. The van der Waals surface area contributed by atoms with Crippen molar-refractivity contribution in [2.24, 2.45) is 0 Å². The first-order valence-corrected chi connectivity index (χ1v) is 9.67. The van der Waals surface area contributed by atoms with E-state index in [4.69, 9.17) is 0 Å². The molecule has 3 heterocycles. The number of hydrogen-bond donors (Lipinski definition) is 0. The van der Waals surface area contributed by atoms with Crippen LogP contribution in [0.2, 0.25) is 0 Å². The molecule has 1 amide bonds. The van der Waals surface area contributed by atoms with Crippen molar-refractivity contribution in [3.05, 3.63) is 84.1 Å². The van der Waals surface area contributed by atoms with Gasteiger partial charge in [-0.05, 0) is 37.3 Å². The normalized spacial score (nSPS) is 10.9. The Morgan fingerprint density at radius 3 is 2.55 bits per heavy atom. The van der Waals surface area contributed by atoms with Crippen LogP contribution in [0.1, 0.15) is 23.0 Å². The summed E-state index contributed by atoms with van der Waals surface area (Å²) >= 11 is 0. The summed E-state index contributed by atoms with van der Waals surface area (Å²) in [5, 5.41) is 12.5. The van der Waals surface area contributed by atoms with Gasteiger partial charge in [0.2, 0.25) is 0 Å². The van der Waals surface area contributed by atoms with Gasteiger partial charge in [-0.15, -0.1) is 0 Å². The minimum atomic E-state index is -0.480. The number of amides is 1. The van der Waals surface area contributed by atoms with Gasteiger partial charge in [0.25, 0.3) is 5.91 Å². The van der Waals surface area contributed by atoms with E-state index < -0.39 is 11.6 Å². The first-order chi connectivity index (χ1) is 15.0. The topological polar surface area (TPSA) is 81.7 Å². The highest BCUT2D eigenvalue weighted by molar-refractivity contribution is 5.97. The number of hydrogen-bond acceptors (Lipinski definition) is 5. The number of halogens is 2. The molecular weight excluding hydrogens is 404 g/mol. The summed E-state index contributed by atoms with van der Waals surface area (Å²) in [6, 6.07) is 8.58. The Morgan fingerprint density at radius 1 is 1.06 bits per heavy atom. The molecule has 8 nitrogen and oxygen atoms in total. The van der Waals surface area contributed by atoms with Crippen LogP contribution < -0.4 is 0 Å². The smallest absolute Gasteiger partial charge is 0.256 e. The van der Waals surface area contributed by atoms with Crippen LogP contribution in [0.5, 0.6) is 0 Å². The fraction of sp³-hybridized carbons (Fsp3) is 0.190. The third-order valence-corrected chi connectivity index (χ3v) is 4.72. The molecule has 31 heavy (non-hydrogen) atoms. The molecule has 0 N–H and O–H groups in total. The van der Waals surface area contributed by atoms with E-state index in [0.717, 1.165) is 11.9 Å². The van der Waals surface area contributed by atoms with Gasteiger partial charge in [0, 0.05) is 31.8 Å². The van der Waals surface area contributed by atoms with Crippen LogP contribution in [-0.2, 0) is 6.42 Å². The Labute approximate surface area is 176 Å². The van der Waals surface area contributed by atoms with Gasteiger partial charge in [-0.3, -0.25) is 4.79 Å². The molecule has 0 aliphatic carbocycles. The SMILES string of the molecule is CCN(CCc1ccn(-c2ccc(F)cn2)n1)C(=O)c1ccc(F)cc1-n1nccn1. The van der Waals surface area contributed by atoms with Crippen molar-refractivity contribution in [1.29, 1.82) is 0 Å². The third-order valence-electron chi connectivity index (χ3n) is 4.72. The second-order valence-electron chi connectivity index (χ2n) is 6.70. The van der Waals surface area contributed by atoms with Crippen LogP contribution in [0.4, 0.5) is 8.78 Å². The second kappa shape index (κ2) is 8.82. The van der Waals surface area contributed by atoms with Crippen LogP contribution in [0, 0.1) is 11.6 Å². The van der Waals surface area contributed by atoms with E-state index in [1.54, 1.807) is 15.8 Å². The largest absolute Gasteiger partial charge is 0.338 e. The maximum atomic E-state index is 13.8. The van der Waals surface area contributed by atoms with Gasteiger partial charge in [0.1, 0.15) is 17.3 Å². The molecule has 158 valence electrons. The predicted molar refractivity (Wildman–Crippen MR) is 108 cm³/mol. The zero-order chi connectivity index (χ0) is 21.8. The first-order valence-electron chi connectivity index (χ1n) is 9.67. The summed E-state index contributed by atoms with van der Waals surface area (Å²) in [5.41, 5.74) is 1.34. The Morgan fingerprint density at radius 2 is 1.84 bits per heavy atom. The quantitative estimate of drug-likeness (QED) is 0.457. The monoisotopic (exact) mass is 423 g/mol. The minimum absolute atomic E-state index is 0.255. The maximum Gasteiger partial charge on any atom is 0.256 e.